The Labute approximate surface area is 171 Å². The molecule has 3 rings (SSSR count). The van der Waals surface area contributed by atoms with Crippen LogP contribution in [-0.4, -0.2) is 78.6 Å². The fourth-order valence-corrected chi connectivity index (χ4v) is 3.30. The molecule has 30 heavy (non-hydrogen) atoms. The van der Waals surface area contributed by atoms with E-state index in [1.54, 1.807) is 12.1 Å². The molecule has 1 unspecified atom stereocenters. The number of nitrogens with zero attached hydrogens (tertiary/aromatic N) is 1. The van der Waals surface area contributed by atoms with E-state index in [4.69, 9.17) is 14.6 Å². The number of carbonyl (C=O) groups is 5. The molecule has 160 valence electrons. The summed E-state index contributed by atoms with van der Waals surface area (Å²) in [5, 5.41) is 13.6. The molecule has 1 aromatic carbocycles. The second-order valence-corrected chi connectivity index (χ2v) is 6.66. The van der Waals surface area contributed by atoms with Crippen molar-refractivity contribution >= 4 is 35.3 Å². The van der Waals surface area contributed by atoms with Crippen LogP contribution in [0.3, 0.4) is 0 Å². The molecule has 0 radical (unpaired) electrons. The Morgan fingerprint density at radius 1 is 1.13 bits per heavy atom. The smallest absolute Gasteiger partial charge is 0.329 e. The number of nitrogens with one attached hydrogen (secondary N) is 2. The van der Waals surface area contributed by atoms with Crippen molar-refractivity contribution in [1.82, 2.24) is 10.2 Å². The summed E-state index contributed by atoms with van der Waals surface area (Å²) in [6, 6.07) is 3.77. The van der Waals surface area contributed by atoms with Crippen LogP contribution in [0.2, 0.25) is 0 Å². The summed E-state index contributed by atoms with van der Waals surface area (Å²) in [7, 11) is 0. The lowest BCUT2D eigenvalue weighted by molar-refractivity contribution is -0.142. The Kier molecular flexibility index (Phi) is 6.75. The van der Waals surface area contributed by atoms with Crippen LogP contribution in [0.1, 0.15) is 33.6 Å². The number of amides is 4. The van der Waals surface area contributed by atoms with Gasteiger partial charge in [0.2, 0.25) is 11.8 Å². The number of hydrogen-bond acceptors (Lipinski definition) is 8. The molecule has 1 atom stereocenters. The summed E-state index contributed by atoms with van der Waals surface area (Å²) < 4.78 is 10.2. The second kappa shape index (κ2) is 9.46. The van der Waals surface area contributed by atoms with Crippen molar-refractivity contribution in [2.75, 3.05) is 38.3 Å². The molecular weight excluding hydrogens is 398 g/mol. The minimum absolute atomic E-state index is 0.0580. The minimum atomic E-state index is -1.06. The number of hydrogen-bond donors (Lipinski definition) is 3. The molecule has 2 aliphatic heterocycles. The topological polar surface area (TPSA) is 151 Å². The van der Waals surface area contributed by atoms with Gasteiger partial charge in [-0.25, -0.2) is 4.79 Å². The summed E-state index contributed by atoms with van der Waals surface area (Å²) in [5.74, 6) is -3.30. The lowest BCUT2D eigenvalue weighted by Gasteiger charge is -2.27. The highest BCUT2D eigenvalue weighted by Crippen LogP contribution is 2.32. The third-order valence-corrected chi connectivity index (χ3v) is 4.63. The van der Waals surface area contributed by atoms with E-state index in [1.807, 2.05) is 0 Å². The van der Waals surface area contributed by atoms with Gasteiger partial charge in [-0.05, 0) is 18.6 Å². The molecule has 0 spiro atoms. The zero-order chi connectivity index (χ0) is 21.7. The van der Waals surface area contributed by atoms with E-state index in [-0.39, 0.29) is 43.8 Å². The summed E-state index contributed by atoms with van der Waals surface area (Å²) in [6.45, 7) is 0.551. The SMILES string of the molecule is O=C(O)COCCOCCNc1cccc2c1C(=O)N(C1CCC(=O)NC1=O)C2=O. The number of carboxylic acid groups (broad SMARTS) is 1. The number of aliphatic carboxylic acids is 1. The monoisotopic (exact) mass is 419 g/mol. The highest BCUT2D eigenvalue weighted by Gasteiger charge is 2.45. The zero-order valence-electron chi connectivity index (χ0n) is 16.0. The van der Waals surface area contributed by atoms with Crippen LogP contribution < -0.4 is 10.6 Å². The van der Waals surface area contributed by atoms with Crippen LogP contribution in [0.15, 0.2) is 18.2 Å². The Hall–Kier alpha value is -3.31. The van der Waals surface area contributed by atoms with E-state index in [9.17, 15) is 24.0 Å². The van der Waals surface area contributed by atoms with Crippen LogP contribution in [0.25, 0.3) is 0 Å². The fourth-order valence-electron chi connectivity index (χ4n) is 3.30. The maximum absolute atomic E-state index is 12.9. The predicted octanol–water partition coefficient (Wildman–Crippen LogP) is -0.382. The normalized spacial score (nSPS) is 18.4. The fraction of sp³-hybridized carbons (Fsp3) is 0.421. The number of carbonyl (C=O) groups excluding carboxylic acids is 4. The first-order valence-corrected chi connectivity index (χ1v) is 9.36. The van der Waals surface area contributed by atoms with E-state index in [0.29, 0.717) is 12.2 Å². The maximum Gasteiger partial charge on any atom is 0.329 e. The molecular formula is C19H21N3O8. The van der Waals surface area contributed by atoms with Gasteiger partial charge >= 0.3 is 5.97 Å². The number of benzene rings is 1. The molecule has 11 nitrogen and oxygen atoms in total. The minimum Gasteiger partial charge on any atom is -0.480 e. The lowest BCUT2D eigenvalue weighted by Crippen LogP contribution is -2.54. The molecule has 0 aliphatic carbocycles. The molecule has 3 N–H and O–H groups in total. The van der Waals surface area contributed by atoms with Crippen molar-refractivity contribution in [2.45, 2.75) is 18.9 Å². The van der Waals surface area contributed by atoms with Gasteiger partial charge in [0.15, 0.2) is 0 Å². The summed E-state index contributed by atoms with van der Waals surface area (Å²) >= 11 is 0. The van der Waals surface area contributed by atoms with E-state index >= 15 is 0 Å². The number of ether oxygens (including phenoxy) is 2. The number of rotatable bonds is 10. The number of fused-ring (bicyclic) bond motifs is 1. The number of imide groups is 2. The van der Waals surface area contributed by atoms with Gasteiger partial charge in [-0.1, -0.05) is 6.07 Å². The van der Waals surface area contributed by atoms with Gasteiger partial charge in [-0.2, -0.15) is 0 Å². The van der Waals surface area contributed by atoms with Crippen molar-refractivity contribution < 1.29 is 38.6 Å². The van der Waals surface area contributed by atoms with Gasteiger partial charge in [-0.15, -0.1) is 0 Å². The zero-order valence-corrected chi connectivity index (χ0v) is 16.0. The molecule has 11 heteroatoms. The van der Waals surface area contributed by atoms with E-state index < -0.39 is 42.2 Å². The van der Waals surface area contributed by atoms with E-state index in [2.05, 4.69) is 10.6 Å². The average Bonchev–Trinajstić information content (AvgIpc) is 2.95. The molecule has 0 saturated carbocycles. The predicted molar refractivity (Wildman–Crippen MR) is 101 cm³/mol. The Bertz CT molecular complexity index is 885. The van der Waals surface area contributed by atoms with Gasteiger partial charge in [0.1, 0.15) is 12.6 Å². The first-order valence-electron chi connectivity index (χ1n) is 9.36. The summed E-state index contributed by atoms with van der Waals surface area (Å²) in [6.07, 6.45) is 0.152. The molecule has 0 aromatic heterocycles. The number of carboxylic acids is 1. The first-order chi connectivity index (χ1) is 14.4. The first kappa shape index (κ1) is 21.4. The lowest BCUT2D eigenvalue weighted by atomic mass is 10.0. The maximum atomic E-state index is 12.9. The average molecular weight is 419 g/mol. The van der Waals surface area contributed by atoms with E-state index in [1.165, 1.54) is 6.07 Å². The van der Waals surface area contributed by atoms with Crippen molar-refractivity contribution in [3.8, 4) is 0 Å². The standard InChI is InChI=1S/C19H21N3O8/c23-14-5-4-13(17(26)21-14)22-18(27)11-2-1-3-12(16(11)19(22)28)20-6-7-29-8-9-30-10-15(24)25/h1-3,13,20H,4-10H2,(H,24,25)(H,21,23,26). The quantitative estimate of drug-likeness (QED) is 0.340. The third-order valence-electron chi connectivity index (χ3n) is 4.63. The van der Waals surface area contributed by atoms with Crippen LogP contribution in [0.4, 0.5) is 5.69 Å². The highest BCUT2D eigenvalue weighted by molar-refractivity contribution is 6.25. The molecule has 2 heterocycles. The molecule has 1 fully saturated rings. The van der Waals surface area contributed by atoms with Crippen molar-refractivity contribution in [3.63, 3.8) is 0 Å². The van der Waals surface area contributed by atoms with E-state index in [0.717, 1.165) is 4.90 Å². The van der Waals surface area contributed by atoms with Crippen LogP contribution >= 0.6 is 0 Å². The molecule has 4 amide bonds. The van der Waals surface area contributed by atoms with Gasteiger partial charge in [-0.3, -0.25) is 29.4 Å². The Morgan fingerprint density at radius 2 is 1.90 bits per heavy atom. The number of anilines is 1. The molecule has 1 saturated heterocycles. The van der Waals surface area contributed by atoms with Gasteiger partial charge in [0.25, 0.3) is 11.8 Å². The van der Waals surface area contributed by atoms with Gasteiger partial charge in [0.05, 0.1) is 30.9 Å². The molecule has 0 bridgehead atoms. The molecule has 1 aromatic rings. The van der Waals surface area contributed by atoms with Crippen molar-refractivity contribution in [1.29, 1.82) is 0 Å². The van der Waals surface area contributed by atoms with Crippen LogP contribution in [0.5, 0.6) is 0 Å². The summed E-state index contributed by atoms with van der Waals surface area (Å²) in [5.41, 5.74) is 0.807. The van der Waals surface area contributed by atoms with Gasteiger partial charge in [0, 0.05) is 18.7 Å². The van der Waals surface area contributed by atoms with Crippen molar-refractivity contribution in [3.05, 3.63) is 29.3 Å². The van der Waals surface area contributed by atoms with Crippen LogP contribution in [0, 0.1) is 0 Å². The highest BCUT2D eigenvalue weighted by atomic mass is 16.5. The van der Waals surface area contributed by atoms with Gasteiger partial charge < -0.3 is 19.9 Å². The third kappa shape index (κ3) is 4.63. The Balaban J connectivity index is 1.58. The summed E-state index contributed by atoms with van der Waals surface area (Å²) in [4.78, 5) is 60.4. The number of piperidine rings is 1. The van der Waals surface area contributed by atoms with Crippen LogP contribution in [-0.2, 0) is 23.9 Å². The Morgan fingerprint density at radius 3 is 2.63 bits per heavy atom. The second-order valence-electron chi connectivity index (χ2n) is 6.66. The van der Waals surface area contributed by atoms with Crippen molar-refractivity contribution in [2.24, 2.45) is 0 Å². The molecule has 2 aliphatic rings. The largest absolute Gasteiger partial charge is 0.480 e.